The quantitative estimate of drug-likeness (QED) is 0.786. The molecule has 1 aromatic carbocycles. The number of hydrogen-bond donors (Lipinski definition) is 2. The first-order chi connectivity index (χ1) is 12.2. The Hall–Kier alpha value is -1.53. The van der Waals surface area contributed by atoms with Crippen LogP contribution in [-0.2, 0) is 0 Å². The summed E-state index contributed by atoms with van der Waals surface area (Å²) in [6.07, 6.45) is 7.92. The Morgan fingerprint density at radius 3 is 2.32 bits per heavy atom. The Labute approximate surface area is 155 Å². The van der Waals surface area contributed by atoms with Gasteiger partial charge in [-0.25, -0.2) is 0 Å². The molecule has 3 atom stereocenters. The summed E-state index contributed by atoms with van der Waals surface area (Å²) >= 11 is 5.55. The average Bonchev–Trinajstić information content (AvgIpc) is 3.41. The van der Waals surface area contributed by atoms with E-state index in [1.807, 2.05) is 18.2 Å². The summed E-state index contributed by atoms with van der Waals surface area (Å²) in [6.45, 7) is 0. The Kier molecular flexibility index (Phi) is 4.73. The van der Waals surface area contributed by atoms with Crippen LogP contribution in [0.3, 0.4) is 0 Å². The number of rotatable bonds is 5. The zero-order valence-corrected chi connectivity index (χ0v) is 15.8. The fraction of sp³-hybridized carbons (Fsp3) is 0.632. The topological polar surface area (TPSA) is 45.8 Å². The number of piperidine rings is 1. The number of nitrogens with one attached hydrogen (secondary N) is 2. The highest BCUT2D eigenvalue weighted by Gasteiger charge is 2.46. The molecule has 3 aliphatic rings. The molecule has 2 N–H and O–H groups in total. The molecule has 3 fully saturated rings. The molecule has 2 heterocycles. The molecule has 2 saturated heterocycles. The molecule has 1 aromatic rings. The molecule has 0 radical (unpaired) electrons. The molecule has 2 aliphatic heterocycles. The zero-order chi connectivity index (χ0) is 17.4. The van der Waals surface area contributed by atoms with Crippen molar-refractivity contribution < 1.29 is 9.47 Å². The first-order valence-electron chi connectivity index (χ1n) is 9.25. The monoisotopic (exact) mass is 361 g/mol. The van der Waals surface area contributed by atoms with Crippen LogP contribution in [0.2, 0.25) is 0 Å². The lowest BCUT2D eigenvalue weighted by molar-refractivity contribution is 0.114. The molecule has 1 saturated carbocycles. The van der Waals surface area contributed by atoms with Gasteiger partial charge in [0.1, 0.15) is 11.5 Å². The Bertz CT molecular complexity index is 636. The molecule has 2 bridgehead atoms. The van der Waals surface area contributed by atoms with Crippen LogP contribution in [0.4, 0.5) is 5.69 Å². The molecular weight excluding hydrogens is 334 g/mol. The molecule has 1 unspecified atom stereocenters. The third-order valence-electron chi connectivity index (χ3n) is 5.75. The predicted octanol–water partition coefficient (Wildman–Crippen LogP) is 3.15. The van der Waals surface area contributed by atoms with Gasteiger partial charge in [-0.3, -0.25) is 4.90 Å². The third kappa shape index (κ3) is 3.55. The zero-order valence-electron chi connectivity index (χ0n) is 15.0. The van der Waals surface area contributed by atoms with Crippen molar-refractivity contribution in [2.24, 2.45) is 0 Å². The number of benzene rings is 1. The number of ether oxygens (including phenoxy) is 2. The summed E-state index contributed by atoms with van der Waals surface area (Å²) in [6, 6.07) is 8.56. The van der Waals surface area contributed by atoms with Gasteiger partial charge in [0.2, 0.25) is 0 Å². The minimum absolute atomic E-state index is 0.469. The number of fused-ring (bicyclic) bond motifs is 2. The van der Waals surface area contributed by atoms with Gasteiger partial charge in [-0.05, 0) is 62.9 Å². The van der Waals surface area contributed by atoms with Crippen molar-refractivity contribution in [3.05, 3.63) is 18.2 Å². The van der Waals surface area contributed by atoms with E-state index in [-0.39, 0.29) is 0 Å². The van der Waals surface area contributed by atoms with Crippen molar-refractivity contribution in [2.45, 2.75) is 62.7 Å². The minimum atomic E-state index is 0.469. The standard InChI is InChI=1S/C19H27N3O2S/c1-23-16-7-8-17(18(11-16)24-2)21-19(25)20-12-9-14-5-6-15(10-12)22(14)13-3-4-13/h7-8,11-15H,3-6,9-10H2,1-2H3,(H2,20,21,25)/t12?,14-,15+. The summed E-state index contributed by atoms with van der Waals surface area (Å²) in [5, 5.41) is 7.49. The van der Waals surface area contributed by atoms with Gasteiger partial charge < -0.3 is 20.1 Å². The Morgan fingerprint density at radius 1 is 1.04 bits per heavy atom. The second-order valence-electron chi connectivity index (χ2n) is 7.40. The van der Waals surface area contributed by atoms with Gasteiger partial charge >= 0.3 is 0 Å². The molecule has 0 spiro atoms. The largest absolute Gasteiger partial charge is 0.497 e. The van der Waals surface area contributed by atoms with Crippen LogP contribution in [0.25, 0.3) is 0 Å². The van der Waals surface area contributed by atoms with E-state index < -0.39 is 0 Å². The number of methoxy groups -OCH3 is 2. The molecule has 25 heavy (non-hydrogen) atoms. The summed E-state index contributed by atoms with van der Waals surface area (Å²) in [5.41, 5.74) is 0.860. The van der Waals surface area contributed by atoms with Gasteiger partial charge in [-0.1, -0.05) is 0 Å². The van der Waals surface area contributed by atoms with Crippen molar-refractivity contribution in [1.29, 1.82) is 0 Å². The van der Waals surface area contributed by atoms with Crippen molar-refractivity contribution in [2.75, 3.05) is 19.5 Å². The van der Waals surface area contributed by atoms with E-state index in [2.05, 4.69) is 15.5 Å². The maximum absolute atomic E-state index is 5.55. The maximum atomic E-state index is 5.55. The Balaban J connectivity index is 1.35. The van der Waals surface area contributed by atoms with Crippen LogP contribution in [0.5, 0.6) is 11.5 Å². The van der Waals surface area contributed by atoms with Gasteiger partial charge in [-0.2, -0.15) is 0 Å². The molecular formula is C19H27N3O2S. The van der Waals surface area contributed by atoms with Crippen molar-refractivity contribution in [3.8, 4) is 11.5 Å². The molecule has 5 nitrogen and oxygen atoms in total. The summed E-state index contributed by atoms with van der Waals surface area (Å²) in [4.78, 5) is 2.81. The van der Waals surface area contributed by atoms with Crippen LogP contribution in [-0.4, -0.2) is 48.4 Å². The van der Waals surface area contributed by atoms with Gasteiger partial charge in [0, 0.05) is 30.2 Å². The fourth-order valence-corrected chi connectivity index (χ4v) is 4.82. The average molecular weight is 362 g/mol. The van der Waals surface area contributed by atoms with E-state index in [1.165, 1.54) is 38.5 Å². The van der Waals surface area contributed by atoms with E-state index in [1.54, 1.807) is 14.2 Å². The van der Waals surface area contributed by atoms with Crippen LogP contribution < -0.4 is 20.1 Å². The van der Waals surface area contributed by atoms with Crippen molar-refractivity contribution >= 4 is 23.0 Å². The summed E-state index contributed by atoms with van der Waals surface area (Å²) < 4.78 is 10.7. The van der Waals surface area contributed by atoms with E-state index in [9.17, 15) is 0 Å². The van der Waals surface area contributed by atoms with E-state index in [0.29, 0.717) is 11.2 Å². The summed E-state index contributed by atoms with van der Waals surface area (Å²) in [7, 11) is 3.30. The van der Waals surface area contributed by atoms with Gasteiger partial charge in [0.25, 0.3) is 0 Å². The molecule has 0 aromatic heterocycles. The number of thiocarbonyl (C=S) groups is 1. The van der Waals surface area contributed by atoms with Gasteiger partial charge in [0.15, 0.2) is 5.11 Å². The number of nitrogens with zero attached hydrogens (tertiary/aromatic N) is 1. The number of anilines is 1. The molecule has 0 amide bonds. The molecule has 6 heteroatoms. The molecule has 136 valence electrons. The van der Waals surface area contributed by atoms with Crippen LogP contribution >= 0.6 is 12.2 Å². The second-order valence-corrected chi connectivity index (χ2v) is 7.80. The van der Waals surface area contributed by atoms with Gasteiger partial charge in [-0.15, -0.1) is 0 Å². The van der Waals surface area contributed by atoms with Crippen molar-refractivity contribution in [1.82, 2.24) is 10.2 Å². The van der Waals surface area contributed by atoms with Gasteiger partial charge in [0.05, 0.1) is 19.9 Å². The maximum Gasteiger partial charge on any atom is 0.171 e. The lowest BCUT2D eigenvalue weighted by atomic mass is 9.97. The van der Waals surface area contributed by atoms with Crippen LogP contribution in [0, 0.1) is 0 Å². The first-order valence-corrected chi connectivity index (χ1v) is 9.65. The summed E-state index contributed by atoms with van der Waals surface area (Å²) in [5.74, 6) is 1.50. The molecule has 1 aliphatic carbocycles. The second kappa shape index (κ2) is 7.00. The first kappa shape index (κ1) is 16.9. The fourth-order valence-electron chi connectivity index (χ4n) is 4.55. The Morgan fingerprint density at radius 2 is 1.72 bits per heavy atom. The lowest BCUT2D eigenvalue weighted by Crippen LogP contribution is -2.51. The molecule has 4 rings (SSSR count). The smallest absolute Gasteiger partial charge is 0.171 e. The van der Waals surface area contributed by atoms with Crippen molar-refractivity contribution in [3.63, 3.8) is 0 Å². The lowest BCUT2D eigenvalue weighted by Gasteiger charge is -2.39. The predicted molar refractivity (Wildman–Crippen MR) is 104 cm³/mol. The van der Waals surface area contributed by atoms with E-state index in [4.69, 9.17) is 21.7 Å². The van der Waals surface area contributed by atoms with Crippen LogP contribution in [0.15, 0.2) is 18.2 Å². The minimum Gasteiger partial charge on any atom is -0.497 e. The van der Waals surface area contributed by atoms with E-state index in [0.717, 1.165) is 35.3 Å². The highest BCUT2D eigenvalue weighted by atomic mass is 32.1. The third-order valence-corrected chi connectivity index (χ3v) is 5.97. The van der Waals surface area contributed by atoms with E-state index >= 15 is 0 Å². The SMILES string of the molecule is COc1ccc(NC(=S)NC2C[C@H]3CC[C@@H](C2)N3C2CC2)c(OC)c1. The van der Waals surface area contributed by atoms with Crippen LogP contribution in [0.1, 0.15) is 38.5 Å². The normalized spacial score (nSPS) is 28.5. The highest BCUT2D eigenvalue weighted by Crippen LogP contribution is 2.43. The number of hydrogen-bond acceptors (Lipinski definition) is 4. The highest BCUT2D eigenvalue weighted by molar-refractivity contribution is 7.80.